The van der Waals surface area contributed by atoms with Crippen molar-refractivity contribution < 1.29 is 4.74 Å². The van der Waals surface area contributed by atoms with Crippen LogP contribution in [0.5, 0.6) is 5.75 Å². The van der Waals surface area contributed by atoms with Gasteiger partial charge < -0.3 is 4.74 Å². The first-order chi connectivity index (χ1) is 7.45. The first kappa shape index (κ1) is 13.1. The zero-order valence-electron chi connectivity index (χ0n) is 10.4. The Kier molecular flexibility index (Phi) is 4.43. The predicted molar refractivity (Wildman–Crippen MR) is 70.4 cm³/mol. The molecule has 0 saturated heterocycles. The van der Waals surface area contributed by atoms with Crippen molar-refractivity contribution in [1.29, 1.82) is 0 Å². The van der Waals surface area contributed by atoms with Gasteiger partial charge in [0, 0.05) is 5.54 Å². The van der Waals surface area contributed by atoms with E-state index >= 15 is 0 Å². The van der Waals surface area contributed by atoms with Crippen molar-refractivity contribution in [2.75, 3.05) is 6.61 Å². The van der Waals surface area contributed by atoms with Gasteiger partial charge in [0.15, 0.2) is 0 Å². The molecule has 0 saturated carbocycles. The van der Waals surface area contributed by atoms with Crippen LogP contribution in [0.15, 0.2) is 29.8 Å². The van der Waals surface area contributed by atoms with E-state index in [4.69, 9.17) is 16.3 Å². The zero-order valence-corrected chi connectivity index (χ0v) is 11.1. The first-order valence-electron chi connectivity index (χ1n) is 5.44. The maximum absolute atomic E-state index is 5.71. The third-order valence-corrected chi connectivity index (χ3v) is 2.55. The van der Waals surface area contributed by atoms with E-state index in [0.29, 0.717) is 6.61 Å². The van der Waals surface area contributed by atoms with Gasteiger partial charge in [-0.25, -0.2) is 0 Å². The second kappa shape index (κ2) is 5.40. The Bertz CT molecular complexity index is 375. The van der Waals surface area contributed by atoms with Crippen molar-refractivity contribution in [3.05, 3.63) is 40.9 Å². The molecular formula is C14H19ClO. The normalized spacial score (nSPS) is 12.1. The van der Waals surface area contributed by atoms with E-state index in [9.17, 15) is 0 Å². The largest absolute Gasteiger partial charge is 0.489 e. The fourth-order valence-electron chi connectivity index (χ4n) is 1.54. The maximum Gasteiger partial charge on any atom is 0.123 e. The molecule has 0 N–H and O–H groups in total. The lowest BCUT2D eigenvalue weighted by molar-refractivity contribution is 0.350. The Hall–Kier alpha value is -0.950. The lowest BCUT2D eigenvalue weighted by Gasteiger charge is -2.22. The summed E-state index contributed by atoms with van der Waals surface area (Å²) >= 11 is 5.47. The van der Waals surface area contributed by atoms with Crippen LogP contribution in [0.3, 0.4) is 0 Å². The lowest BCUT2D eigenvalue weighted by Crippen LogP contribution is -2.13. The molecule has 1 aromatic rings. The lowest BCUT2D eigenvalue weighted by atomic mass is 9.86. The molecule has 1 rings (SSSR count). The highest BCUT2D eigenvalue weighted by molar-refractivity contribution is 6.25. The van der Waals surface area contributed by atoms with Crippen LogP contribution in [0.4, 0.5) is 0 Å². The minimum absolute atomic E-state index is 0.0910. The van der Waals surface area contributed by atoms with Gasteiger partial charge in [0.1, 0.15) is 12.4 Å². The van der Waals surface area contributed by atoms with Gasteiger partial charge in [0.25, 0.3) is 0 Å². The molecule has 0 aliphatic rings. The van der Waals surface area contributed by atoms with Crippen molar-refractivity contribution in [2.24, 2.45) is 0 Å². The zero-order chi connectivity index (χ0) is 12.2. The summed E-state index contributed by atoms with van der Waals surface area (Å²) in [6.45, 7) is 9.12. The highest BCUT2D eigenvalue weighted by Crippen LogP contribution is 2.31. The van der Waals surface area contributed by atoms with Crippen LogP contribution in [-0.4, -0.2) is 6.61 Å². The second-order valence-corrected chi connectivity index (χ2v) is 5.17. The van der Waals surface area contributed by atoms with Gasteiger partial charge in [-0.1, -0.05) is 44.5 Å². The van der Waals surface area contributed by atoms with Crippen molar-refractivity contribution >= 4 is 11.6 Å². The van der Waals surface area contributed by atoms with Gasteiger partial charge in [0.05, 0.1) is 0 Å². The second-order valence-electron chi connectivity index (χ2n) is 4.92. The summed E-state index contributed by atoms with van der Waals surface area (Å²) in [4.78, 5) is 0. The molecule has 0 bridgehead atoms. The number of rotatable bonds is 3. The molecule has 16 heavy (non-hydrogen) atoms. The first-order valence-corrected chi connectivity index (χ1v) is 5.88. The molecule has 0 aliphatic carbocycles. The van der Waals surface area contributed by atoms with E-state index in [-0.39, 0.29) is 5.41 Å². The standard InChI is InChI=1S/C14H19ClO/c1-11-6-7-12(14(2,3)4)13(10-11)16-9-5-8-15/h5-8,10H,9H2,1-4H3/b8-5+. The molecule has 0 unspecified atom stereocenters. The summed E-state index contributed by atoms with van der Waals surface area (Å²) in [6, 6.07) is 6.32. The Morgan fingerprint density at radius 1 is 1.31 bits per heavy atom. The summed E-state index contributed by atoms with van der Waals surface area (Å²) in [5.74, 6) is 0.947. The average molecular weight is 239 g/mol. The van der Waals surface area contributed by atoms with Crippen molar-refractivity contribution in [1.82, 2.24) is 0 Å². The van der Waals surface area contributed by atoms with Crippen LogP contribution in [0.25, 0.3) is 0 Å². The number of halogens is 1. The van der Waals surface area contributed by atoms with E-state index in [0.717, 1.165) is 5.75 Å². The highest BCUT2D eigenvalue weighted by Gasteiger charge is 2.18. The Labute approximate surface area is 103 Å². The smallest absolute Gasteiger partial charge is 0.123 e. The Morgan fingerprint density at radius 2 is 2.00 bits per heavy atom. The van der Waals surface area contributed by atoms with Gasteiger partial charge in [0.2, 0.25) is 0 Å². The van der Waals surface area contributed by atoms with Crippen LogP contribution >= 0.6 is 11.6 Å². The Morgan fingerprint density at radius 3 is 2.56 bits per heavy atom. The van der Waals surface area contributed by atoms with Crippen LogP contribution < -0.4 is 4.74 Å². The van der Waals surface area contributed by atoms with E-state index < -0.39 is 0 Å². The number of aryl methyl sites for hydroxylation is 1. The number of ether oxygens (including phenoxy) is 1. The summed E-state index contributed by atoms with van der Waals surface area (Å²) in [5.41, 5.74) is 4.00. The summed E-state index contributed by atoms with van der Waals surface area (Å²) < 4.78 is 5.71. The number of hydrogen-bond acceptors (Lipinski definition) is 1. The average Bonchev–Trinajstić information content (AvgIpc) is 2.16. The van der Waals surface area contributed by atoms with Crippen LogP contribution in [-0.2, 0) is 5.41 Å². The fourth-order valence-corrected chi connectivity index (χ4v) is 1.62. The molecule has 0 spiro atoms. The van der Waals surface area contributed by atoms with Gasteiger partial charge >= 0.3 is 0 Å². The van der Waals surface area contributed by atoms with E-state index in [1.54, 1.807) is 6.08 Å². The van der Waals surface area contributed by atoms with Gasteiger partial charge in [-0.05, 0) is 35.6 Å². The van der Waals surface area contributed by atoms with Crippen molar-refractivity contribution in [2.45, 2.75) is 33.1 Å². The summed E-state index contributed by atoms with van der Waals surface area (Å²) in [5, 5.41) is 0. The molecular weight excluding hydrogens is 220 g/mol. The predicted octanol–water partition coefficient (Wildman–Crippen LogP) is 4.42. The van der Waals surface area contributed by atoms with E-state index in [1.807, 2.05) is 0 Å². The van der Waals surface area contributed by atoms with E-state index in [2.05, 4.69) is 45.9 Å². The quantitative estimate of drug-likeness (QED) is 0.757. The SMILES string of the molecule is Cc1ccc(C(C)(C)C)c(OC/C=C/Cl)c1. The molecule has 1 nitrogen and oxygen atoms in total. The fraction of sp³-hybridized carbons (Fsp3) is 0.429. The van der Waals surface area contributed by atoms with Crippen molar-refractivity contribution in [3.63, 3.8) is 0 Å². The summed E-state index contributed by atoms with van der Waals surface area (Å²) in [7, 11) is 0. The van der Waals surface area contributed by atoms with Crippen molar-refractivity contribution in [3.8, 4) is 5.75 Å². The molecule has 88 valence electrons. The molecule has 0 amide bonds. The minimum atomic E-state index is 0.0910. The third kappa shape index (κ3) is 3.57. The highest BCUT2D eigenvalue weighted by atomic mass is 35.5. The minimum Gasteiger partial charge on any atom is -0.489 e. The van der Waals surface area contributed by atoms with Crippen LogP contribution in [0.2, 0.25) is 0 Å². The summed E-state index contributed by atoms with van der Waals surface area (Å²) in [6.07, 6.45) is 1.79. The molecule has 0 radical (unpaired) electrons. The monoisotopic (exact) mass is 238 g/mol. The Balaban J connectivity index is 2.99. The maximum atomic E-state index is 5.71. The van der Waals surface area contributed by atoms with Crippen LogP contribution in [0, 0.1) is 6.92 Å². The topological polar surface area (TPSA) is 9.23 Å². The van der Waals surface area contributed by atoms with E-state index in [1.165, 1.54) is 16.7 Å². The van der Waals surface area contributed by atoms with Gasteiger partial charge in [-0.2, -0.15) is 0 Å². The molecule has 1 aromatic carbocycles. The van der Waals surface area contributed by atoms with Gasteiger partial charge in [-0.3, -0.25) is 0 Å². The number of hydrogen-bond donors (Lipinski definition) is 0. The van der Waals surface area contributed by atoms with Crippen LogP contribution in [0.1, 0.15) is 31.9 Å². The van der Waals surface area contributed by atoms with Gasteiger partial charge in [-0.15, -0.1) is 0 Å². The molecule has 0 fully saturated rings. The third-order valence-electron chi connectivity index (χ3n) is 2.37. The molecule has 0 heterocycles. The molecule has 0 atom stereocenters. The number of benzene rings is 1. The molecule has 0 aliphatic heterocycles. The molecule has 0 aromatic heterocycles. The molecule has 2 heteroatoms.